The van der Waals surface area contributed by atoms with Crippen molar-refractivity contribution in [2.24, 2.45) is 11.8 Å². The zero-order valence-corrected chi connectivity index (χ0v) is 29.2. The Morgan fingerprint density at radius 3 is 2.04 bits per heavy atom. The van der Waals surface area contributed by atoms with Crippen LogP contribution in [0.25, 0.3) is 22.3 Å². The first-order valence-corrected chi connectivity index (χ1v) is 19.6. The molecule has 48 heavy (non-hydrogen) atoms. The Kier molecular flexibility index (Phi) is 8.24. The molecule has 0 radical (unpaired) electrons. The standard InChI is InChI=1S/C37H39F3NO5PS/c1-21-13-22(2)16-27(15-21)31-19-25-9-5-7-11-29(25)33-34-30-12-8-6-10-26(30)20-32(28-17-23(3)14-24(4)18-28)36(34)46-47(42,45-35(31)33)41-48(43,44)37(38,39)40/h13-20,25,29H,5-12H2,1-4H3,(H,41,42). The van der Waals surface area contributed by atoms with E-state index in [4.69, 9.17) is 9.05 Å². The molecule has 0 spiro atoms. The van der Waals surface area contributed by atoms with E-state index in [-0.39, 0.29) is 23.3 Å². The summed E-state index contributed by atoms with van der Waals surface area (Å²) in [7, 11) is -11.4. The largest absolute Gasteiger partial charge is 0.526 e. The van der Waals surface area contributed by atoms with E-state index in [1.54, 1.807) is 0 Å². The lowest BCUT2D eigenvalue weighted by Crippen LogP contribution is -2.36. The number of sulfonamides is 1. The molecule has 1 heterocycles. The summed E-state index contributed by atoms with van der Waals surface area (Å²) in [5, 5.41) is 0. The third kappa shape index (κ3) is 5.94. The molecule has 3 unspecified atom stereocenters. The molecule has 3 aliphatic carbocycles. The normalized spacial score (nSPS) is 23.9. The molecule has 0 aromatic heterocycles. The maximum absolute atomic E-state index is 14.8. The van der Waals surface area contributed by atoms with Crippen LogP contribution in [0.1, 0.15) is 83.0 Å². The number of nitrogens with one attached hydrogen (secondary N) is 1. The summed E-state index contributed by atoms with van der Waals surface area (Å²) in [6, 6.07) is 13.9. The first-order valence-electron chi connectivity index (χ1n) is 16.5. The smallest absolute Gasteiger partial charge is 0.403 e. The number of aryl methyl sites for hydroxylation is 5. The van der Waals surface area contributed by atoms with Crippen molar-refractivity contribution in [3.8, 4) is 16.9 Å². The van der Waals surface area contributed by atoms with Crippen LogP contribution in [0.15, 0.2) is 54.3 Å². The fraction of sp³-hybridized carbons (Fsp3) is 0.405. The number of allylic oxidation sites excluding steroid dienone is 3. The van der Waals surface area contributed by atoms with Crippen molar-refractivity contribution in [1.82, 2.24) is 4.49 Å². The van der Waals surface area contributed by atoms with Crippen molar-refractivity contribution in [1.29, 1.82) is 0 Å². The van der Waals surface area contributed by atoms with E-state index in [0.29, 0.717) is 23.1 Å². The minimum atomic E-state index is -6.14. The summed E-state index contributed by atoms with van der Waals surface area (Å²) in [5.41, 5.74) is 4.31. The molecule has 4 aliphatic rings. The Hall–Kier alpha value is -3.33. The number of fused-ring (bicyclic) bond motifs is 6. The first kappa shape index (κ1) is 33.2. The molecule has 11 heteroatoms. The van der Waals surface area contributed by atoms with Crippen LogP contribution in [-0.4, -0.2) is 13.9 Å². The van der Waals surface area contributed by atoms with Gasteiger partial charge in [-0.1, -0.05) is 82.1 Å². The summed E-state index contributed by atoms with van der Waals surface area (Å²) < 4.78 is 95.5. The van der Waals surface area contributed by atoms with E-state index in [2.05, 4.69) is 6.08 Å². The van der Waals surface area contributed by atoms with Crippen LogP contribution in [-0.2, 0) is 32.0 Å². The molecule has 254 valence electrons. The molecule has 0 amide bonds. The summed E-state index contributed by atoms with van der Waals surface area (Å²) in [6.45, 7) is 7.82. The van der Waals surface area contributed by atoms with E-state index >= 15 is 0 Å². The molecule has 1 fully saturated rings. The second-order valence-corrected chi connectivity index (χ2v) is 17.4. The zero-order valence-electron chi connectivity index (χ0n) is 27.5. The number of halogens is 3. The van der Waals surface area contributed by atoms with Crippen LogP contribution >= 0.6 is 7.75 Å². The molecule has 6 nitrogen and oxygen atoms in total. The quantitative estimate of drug-likeness (QED) is 0.275. The summed E-state index contributed by atoms with van der Waals surface area (Å²) in [4.78, 5) is 0. The van der Waals surface area contributed by atoms with Gasteiger partial charge in [0, 0.05) is 22.3 Å². The number of hydrogen-bond acceptors (Lipinski definition) is 5. The van der Waals surface area contributed by atoms with Gasteiger partial charge in [-0.25, -0.2) is 13.0 Å². The third-order valence-electron chi connectivity index (χ3n) is 9.96. The Morgan fingerprint density at radius 1 is 0.792 bits per heavy atom. The van der Waals surface area contributed by atoms with Gasteiger partial charge in [-0.2, -0.15) is 13.2 Å². The monoisotopic (exact) mass is 697 g/mol. The van der Waals surface area contributed by atoms with Crippen LogP contribution in [0.3, 0.4) is 0 Å². The number of alkyl halides is 3. The van der Waals surface area contributed by atoms with Crippen molar-refractivity contribution in [3.63, 3.8) is 0 Å². The van der Waals surface area contributed by atoms with Crippen molar-refractivity contribution >= 4 is 28.9 Å². The van der Waals surface area contributed by atoms with Gasteiger partial charge in [0.25, 0.3) is 0 Å². The van der Waals surface area contributed by atoms with Gasteiger partial charge < -0.3 is 9.05 Å². The number of rotatable bonds is 4. The SMILES string of the molecule is Cc1cc(C)cc(C2=CC3CCCCC3C3=C2OP(=O)(NS(=O)(=O)C(F)(F)F)Oc2c(-c4cc(C)cc(C)c4)cc4c(c23)CCCC4)c1. The molecule has 3 aromatic rings. The molecule has 0 saturated heterocycles. The molecular weight excluding hydrogens is 658 g/mol. The van der Waals surface area contributed by atoms with E-state index in [9.17, 15) is 26.2 Å². The Morgan fingerprint density at radius 2 is 1.40 bits per heavy atom. The highest BCUT2D eigenvalue weighted by molar-refractivity contribution is 7.95. The van der Waals surface area contributed by atoms with Gasteiger partial charge in [-0.3, -0.25) is 0 Å². The minimum Gasteiger partial charge on any atom is -0.403 e. The van der Waals surface area contributed by atoms with Gasteiger partial charge in [-0.05, 0) is 106 Å². The van der Waals surface area contributed by atoms with Gasteiger partial charge in [0.1, 0.15) is 11.5 Å². The van der Waals surface area contributed by atoms with Gasteiger partial charge >= 0.3 is 23.3 Å². The fourth-order valence-electron chi connectivity index (χ4n) is 8.18. The number of benzene rings is 3. The number of hydrogen-bond donors (Lipinski definition) is 1. The van der Waals surface area contributed by atoms with Crippen molar-refractivity contribution in [2.45, 2.75) is 84.6 Å². The summed E-state index contributed by atoms with van der Waals surface area (Å²) >= 11 is 0. The second-order valence-electron chi connectivity index (χ2n) is 13.8. The Bertz CT molecular complexity index is 2030. The lowest BCUT2D eigenvalue weighted by atomic mass is 9.66. The van der Waals surface area contributed by atoms with Crippen LogP contribution in [0, 0.1) is 39.5 Å². The molecule has 3 aromatic carbocycles. The van der Waals surface area contributed by atoms with Gasteiger partial charge in [0.05, 0.1) is 0 Å². The van der Waals surface area contributed by atoms with E-state index in [1.807, 2.05) is 70.2 Å². The first-order chi connectivity index (χ1) is 22.6. The molecular formula is C37H39F3NO5PS. The average molecular weight is 698 g/mol. The van der Waals surface area contributed by atoms with Crippen LogP contribution in [0.2, 0.25) is 0 Å². The molecule has 1 saturated carbocycles. The molecule has 7 rings (SSSR count). The predicted molar refractivity (Wildman–Crippen MR) is 182 cm³/mol. The van der Waals surface area contributed by atoms with Gasteiger partial charge in [0.2, 0.25) is 0 Å². The topological polar surface area (TPSA) is 81.7 Å². The molecule has 1 aliphatic heterocycles. The molecule has 3 atom stereocenters. The Balaban J connectivity index is 1.60. The second kappa shape index (κ2) is 11.9. The lowest BCUT2D eigenvalue weighted by molar-refractivity contribution is -0.0443. The average Bonchev–Trinajstić information content (AvgIpc) is 3.12. The molecule has 1 N–H and O–H groups in total. The van der Waals surface area contributed by atoms with Gasteiger partial charge in [0.15, 0.2) is 0 Å². The van der Waals surface area contributed by atoms with E-state index in [1.165, 1.54) is 4.49 Å². The van der Waals surface area contributed by atoms with Gasteiger partial charge in [-0.15, -0.1) is 0 Å². The van der Waals surface area contributed by atoms with Crippen molar-refractivity contribution < 1.29 is 35.2 Å². The maximum Gasteiger partial charge on any atom is 0.526 e. The third-order valence-corrected chi connectivity index (χ3v) is 13.3. The Labute approximate surface area is 280 Å². The highest BCUT2D eigenvalue weighted by Crippen LogP contribution is 2.63. The molecule has 0 bridgehead atoms. The van der Waals surface area contributed by atoms with Crippen molar-refractivity contribution in [3.05, 3.63) is 98.8 Å². The fourth-order valence-corrected chi connectivity index (χ4v) is 11.0. The highest BCUT2D eigenvalue weighted by atomic mass is 32.2. The zero-order chi connectivity index (χ0) is 34.2. The lowest BCUT2D eigenvalue weighted by Gasteiger charge is -2.38. The minimum absolute atomic E-state index is 0.0861. The van der Waals surface area contributed by atoms with Crippen LogP contribution in [0.5, 0.6) is 5.75 Å². The summed E-state index contributed by atoms with van der Waals surface area (Å²) in [5.74, 6) is 0.237. The van der Waals surface area contributed by atoms with E-state index < -0.39 is 23.3 Å². The van der Waals surface area contributed by atoms with Crippen LogP contribution < -0.4 is 9.02 Å². The van der Waals surface area contributed by atoms with E-state index in [0.717, 1.165) is 95.0 Å². The predicted octanol–water partition coefficient (Wildman–Crippen LogP) is 10.0. The van der Waals surface area contributed by atoms with Crippen molar-refractivity contribution in [2.75, 3.05) is 0 Å². The maximum atomic E-state index is 14.8. The van der Waals surface area contributed by atoms with Crippen LogP contribution in [0.4, 0.5) is 13.2 Å². The summed E-state index contributed by atoms with van der Waals surface area (Å²) in [6.07, 6.45) is 9.13. The highest BCUT2D eigenvalue weighted by Gasteiger charge is 2.54.